The zero-order valence-electron chi connectivity index (χ0n) is 15.4. The van der Waals surface area contributed by atoms with Gasteiger partial charge in [-0.25, -0.2) is 13.4 Å². The highest BCUT2D eigenvalue weighted by Gasteiger charge is 2.29. The Morgan fingerprint density at radius 1 is 1.10 bits per heavy atom. The molecule has 2 N–H and O–H groups in total. The highest BCUT2D eigenvalue weighted by molar-refractivity contribution is 7.91. The molecular formula is C20H17ClN4O3S. The zero-order chi connectivity index (χ0) is 20.6. The number of aromatic nitrogens is 3. The van der Waals surface area contributed by atoms with Crippen molar-refractivity contribution < 1.29 is 8.42 Å². The van der Waals surface area contributed by atoms with Gasteiger partial charge in [0.1, 0.15) is 5.82 Å². The van der Waals surface area contributed by atoms with E-state index in [0.717, 1.165) is 10.1 Å². The normalized spacial score (nSPS) is 11.7. The Balaban J connectivity index is 2.01. The third kappa shape index (κ3) is 3.52. The first-order chi connectivity index (χ1) is 13.9. The monoisotopic (exact) mass is 428 g/mol. The van der Waals surface area contributed by atoms with E-state index in [1.165, 1.54) is 18.2 Å². The average molecular weight is 429 g/mol. The minimum atomic E-state index is -3.99. The Labute approximate surface area is 171 Å². The number of para-hydroxylation sites is 1. The van der Waals surface area contributed by atoms with Crippen LogP contribution in [-0.4, -0.2) is 23.0 Å². The summed E-state index contributed by atoms with van der Waals surface area (Å²) in [6.45, 7) is 1.87. The lowest BCUT2D eigenvalue weighted by Gasteiger charge is -2.08. The summed E-state index contributed by atoms with van der Waals surface area (Å²) >= 11 is 5.85. The predicted molar refractivity (Wildman–Crippen MR) is 112 cm³/mol. The van der Waals surface area contributed by atoms with Crippen molar-refractivity contribution in [2.45, 2.75) is 22.6 Å². The van der Waals surface area contributed by atoms with Gasteiger partial charge in [-0.2, -0.15) is 4.52 Å². The second-order valence-electron chi connectivity index (χ2n) is 6.50. The molecule has 4 rings (SSSR count). The van der Waals surface area contributed by atoms with Gasteiger partial charge in [-0.3, -0.25) is 9.89 Å². The van der Waals surface area contributed by atoms with Crippen molar-refractivity contribution >= 4 is 38.6 Å². The molecule has 2 aromatic carbocycles. The van der Waals surface area contributed by atoms with Crippen LogP contribution in [0, 0.1) is 6.92 Å². The SMILES string of the molecule is Cc1ccc(S(=O)(=O)c2c(Nc3ccccc3)[nH]n3c(=O)cc(CCl)nc23)cc1. The van der Waals surface area contributed by atoms with Crippen LogP contribution in [0.1, 0.15) is 11.3 Å². The van der Waals surface area contributed by atoms with Crippen LogP contribution in [0.4, 0.5) is 11.5 Å². The molecule has 4 aromatic rings. The molecule has 7 nitrogen and oxygen atoms in total. The summed E-state index contributed by atoms with van der Waals surface area (Å²) in [4.78, 5) is 16.8. The predicted octanol–water partition coefficient (Wildman–Crippen LogP) is 3.65. The van der Waals surface area contributed by atoms with E-state index in [1.54, 1.807) is 24.3 Å². The van der Waals surface area contributed by atoms with Gasteiger partial charge in [-0.15, -0.1) is 11.6 Å². The molecule has 9 heteroatoms. The molecule has 0 fully saturated rings. The van der Waals surface area contributed by atoms with Crippen molar-refractivity contribution in [3.8, 4) is 0 Å². The fourth-order valence-electron chi connectivity index (χ4n) is 2.97. The Bertz CT molecular complexity index is 1340. The van der Waals surface area contributed by atoms with Crippen LogP contribution in [0.2, 0.25) is 0 Å². The molecule has 0 radical (unpaired) electrons. The van der Waals surface area contributed by atoms with E-state index in [-0.39, 0.29) is 27.1 Å². The Hall–Kier alpha value is -3.10. The number of anilines is 2. The van der Waals surface area contributed by atoms with Gasteiger partial charge >= 0.3 is 0 Å². The highest BCUT2D eigenvalue weighted by atomic mass is 35.5. The van der Waals surface area contributed by atoms with Crippen molar-refractivity contribution in [2.24, 2.45) is 0 Å². The molecular weight excluding hydrogens is 412 g/mol. The minimum Gasteiger partial charge on any atom is -0.339 e. The summed E-state index contributed by atoms with van der Waals surface area (Å²) in [7, 11) is -3.99. The van der Waals surface area contributed by atoms with Gasteiger partial charge in [0.25, 0.3) is 5.56 Å². The van der Waals surface area contributed by atoms with Gasteiger partial charge in [0.15, 0.2) is 10.5 Å². The third-order valence-corrected chi connectivity index (χ3v) is 6.50. The second kappa shape index (κ2) is 7.38. The van der Waals surface area contributed by atoms with Gasteiger partial charge in [-0.05, 0) is 31.2 Å². The highest BCUT2D eigenvalue weighted by Crippen LogP contribution is 2.32. The van der Waals surface area contributed by atoms with E-state index in [4.69, 9.17) is 11.6 Å². The second-order valence-corrected chi connectivity index (χ2v) is 8.66. The molecule has 0 aliphatic heterocycles. The molecule has 0 atom stereocenters. The molecule has 29 heavy (non-hydrogen) atoms. The number of alkyl halides is 1. The fourth-order valence-corrected chi connectivity index (χ4v) is 4.58. The van der Waals surface area contributed by atoms with E-state index < -0.39 is 15.4 Å². The maximum absolute atomic E-state index is 13.5. The van der Waals surface area contributed by atoms with Crippen LogP contribution in [-0.2, 0) is 15.7 Å². The number of hydrogen-bond donors (Lipinski definition) is 2. The maximum Gasteiger partial charge on any atom is 0.273 e. The standard InChI is InChI=1S/C20H17ClN4O3S/c1-13-7-9-16(10-8-13)29(27,28)18-19(22-14-5-3-2-4-6-14)24-25-17(26)11-15(12-21)23-20(18)25/h2-11,22,24H,12H2,1H3. The minimum absolute atomic E-state index is 0.00726. The largest absolute Gasteiger partial charge is 0.339 e. The molecule has 0 spiro atoms. The zero-order valence-corrected chi connectivity index (χ0v) is 17.0. The van der Waals surface area contributed by atoms with E-state index in [2.05, 4.69) is 15.4 Å². The summed E-state index contributed by atoms with van der Waals surface area (Å²) < 4.78 is 28.1. The summed E-state index contributed by atoms with van der Waals surface area (Å²) in [6, 6.07) is 16.8. The van der Waals surface area contributed by atoms with Crippen molar-refractivity contribution in [2.75, 3.05) is 5.32 Å². The first-order valence-corrected chi connectivity index (χ1v) is 10.8. The van der Waals surface area contributed by atoms with Gasteiger partial charge in [0.05, 0.1) is 16.5 Å². The first-order valence-electron chi connectivity index (χ1n) is 8.74. The van der Waals surface area contributed by atoms with E-state index >= 15 is 0 Å². The molecule has 0 amide bonds. The summed E-state index contributed by atoms with van der Waals surface area (Å²) in [5.41, 5.74) is 1.43. The fraction of sp³-hybridized carbons (Fsp3) is 0.100. The van der Waals surface area contributed by atoms with Crippen LogP contribution in [0.5, 0.6) is 0 Å². The summed E-state index contributed by atoms with van der Waals surface area (Å²) in [6.07, 6.45) is 0. The number of nitrogens with one attached hydrogen (secondary N) is 2. The number of nitrogens with zero attached hydrogens (tertiary/aromatic N) is 2. The molecule has 0 aliphatic rings. The van der Waals surface area contributed by atoms with Crippen molar-refractivity contribution in [1.82, 2.24) is 14.6 Å². The topological polar surface area (TPSA) is 96.3 Å². The molecule has 0 saturated heterocycles. The van der Waals surface area contributed by atoms with E-state index in [0.29, 0.717) is 11.4 Å². The number of aryl methyl sites for hydroxylation is 1. The number of hydrogen-bond acceptors (Lipinski definition) is 5. The van der Waals surface area contributed by atoms with E-state index in [1.807, 2.05) is 25.1 Å². The van der Waals surface area contributed by atoms with Crippen molar-refractivity contribution in [3.63, 3.8) is 0 Å². The number of rotatable bonds is 5. The molecule has 0 aliphatic carbocycles. The third-order valence-electron chi connectivity index (χ3n) is 4.41. The Morgan fingerprint density at radius 2 is 1.79 bits per heavy atom. The van der Waals surface area contributed by atoms with Gasteiger partial charge in [0, 0.05) is 11.8 Å². The van der Waals surface area contributed by atoms with E-state index in [9.17, 15) is 13.2 Å². The van der Waals surface area contributed by atoms with Crippen LogP contribution in [0.15, 0.2) is 75.2 Å². The smallest absolute Gasteiger partial charge is 0.273 e. The van der Waals surface area contributed by atoms with Crippen LogP contribution in [0.3, 0.4) is 0 Å². The molecule has 2 heterocycles. The summed E-state index contributed by atoms with van der Waals surface area (Å²) in [5.74, 6) is 0.135. The number of aromatic amines is 1. The summed E-state index contributed by atoms with van der Waals surface area (Å²) in [5, 5.41) is 5.87. The number of H-pyrrole nitrogens is 1. The molecule has 0 unspecified atom stereocenters. The van der Waals surface area contributed by atoms with Crippen LogP contribution in [0.25, 0.3) is 5.65 Å². The number of benzene rings is 2. The lowest BCUT2D eigenvalue weighted by Crippen LogP contribution is -2.15. The van der Waals surface area contributed by atoms with Crippen molar-refractivity contribution in [3.05, 3.63) is 82.3 Å². The maximum atomic E-state index is 13.5. The number of sulfone groups is 1. The molecule has 0 bridgehead atoms. The quantitative estimate of drug-likeness (QED) is 0.473. The number of halogens is 1. The van der Waals surface area contributed by atoms with Gasteiger partial charge < -0.3 is 5.32 Å². The molecule has 148 valence electrons. The van der Waals surface area contributed by atoms with Crippen LogP contribution < -0.4 is 10.9 Å². The first kappa shape index (κ1) is 19.2. The van der Waals surface area contributed by atoms with Crippen LogP contribution >= 0.6 is 11.6 Å². The number of fused-ring (bicyclic) bond motifs is 1. The Morgan fingerprint density at radius 3 is 2.45 bits per heavy atom. The van der Waals surface area contributed by atoms with Gasteiger partial charge in [-0.1, -0.05) is 35.9 Å². The lowest BCUT2D eigenvalue weighted by molar-refractivity contribution is 0.597. The Kier molecular flexibility index (Phi) is 4.89. The molecule has 0 saturated carbocycles. The van der Waals surface area contributed by atoms with Crippen molar-refractivity contribution in [1.29, 1.82) is 0 Å². The molecule has 2 aromatic heterocycles. The average Bonchev–Trinajstić information content (AvgIpc) is 3.08. The lowest BCUT2D eigenvalue weighted by atomic mass is 10.2. The van der Waals surface area contributed by atoms with Gasteiger partial charge in [0.2, 0.25) is 9.84 Å².